The second-order valence-electron chi connectivity index (χ2n) is 1.65. The lowest BCUT2D eigenvalue weighted by Crippen LogP contribution is -1.83. The first-order valence-electron chi connectivity index (χ1n) is 3.40. The zero-order chi connectivity index (χ0) is 8.57. The van der Waals surface area contributed by atoms with Crippen LogP contribution >= 0.6 is 0 Å². The molecule has 0 heterocycles. The van der Waals surface area contributed by atoms with Gasteiger partial charge < -0.3 is 10.8 Å². The van der Waals surface area contributed by atoms with Crippen LogP contribution in [0.1, 0.15) is 27.7 Å². The Morgan fingerprint density at radius 2 is 1.10 bits per heavy atom. The van der Waals surface area contributed by atoms with Crippen LogP contribution in [0.4, 0.5) is 0 Å². The van der Waals surface area contributed by atoms with Crippen LogP contribution in [0.3, 0.4) is 0 Å². The molecule has 0 amide bonds. The van der Waals surface area contributed by atoms with Crippen molar-refractivity contribution in [3.05, 3.63) is 11.1 Å². The number of hydrogen-bond donors (Lipinski definition) is 2. The van der Waals surface area contributed by atoms with Gasteiger partial charge in [-0.05, 0) is 25.0 Å². The summed E-state index contributed by atoms with van der Waals surface area (Å²) in [5, 5.41) is 13.5. The minimum absolute atomic E-state index is 0.847. The summed E-state index contributed by atoms with van der Waals surface area (Å²) in [4.78, 5) is 0. The summed E-state index contributed by atoms with van der Waals surface area (Å²) < 4.78 is 0. The highest BCUT2D eigenvalue weighted by molar-refractivity contribution is 5.87. The molecule has 2 nitrogen and oxygen atoms in total. The fraction of sp³-hybridized carbons (Fsp3) is 0.500. The van der Waals surface area contributed by atoms with Gasteiger partial charge in [-0.2, -0.15) is 0 Å². The van der Waals surface area contributed by atoms with Crippen LogP contribution in [-0.2, 0) is 0 Å². The van der Waals surface area contributed by atoms with Gasteiger partial charge in [-0.1, -0.05) is 13.8 Å². The van der Waals surface area contributed by atoms with Gasteiger partial charge in [0.15, 0.2) is 0 Å². The maximum absolute atomic E-state index is 6.76. The molecule has 0 saturated heterocycles. The van der Waals surface area contributed by atoms with Gasteiger partial charge in [-0.15, -0.1) is 0 Å². The molecule has 0 rings (SSSR count). The van der Waals surface area contributed by atoms with Crippen molar-refractivity contribution in [1.82, 2.24) is 0 Å². The van der Waals surface area contributed by atoms with Gasteiger partial charge in [0.05, 0.1) is 0 Å². The molecule has 0 fully saturated rings. The average molecular weight is 140 g/mol. The summed E-state index contributed by atoms with van der Waals surface area (Å²) in [6.45, 7) is 7.63. The molecule has 0 aliphatic rings. The Labute approximate surface area is 63.0 Å². The molecule has 0 unspecified atom stereocenters. The van der Waals surface area contributed by atoms with Crippen LogP contribution < -0.4 is 0 Å². The van der Waals surface area contributed by atoms with E-state index in [0.29, 0.717) is 0 Å². The third-order valence-corrected chi connectivity index (χ3v) is 1.06. The average Bonchev–Trinajstić information content (AvgIpc) is 2.05. The molecule has 0 saturated carbocycles. The smallest absolute Gasteiger partial charge is 0.0210 e. The van der Waals surface area contributed by atoms with Gasteiger partial charge in [0.25, 0.3) is 0 Å². The molecule has 2 N–H and O–H groups in total. The van der Waals surface area contributed by atoms with E-state index in [4.69, 9.17) is 10.8 Å². The van der Waals surface area contributed by atoms with E-state index in [1.54, 1.807) is 0 Å². The summed E-state index contributed by atoms with van der Waals surface area (Å²) in [6.07, 6.45) is 2.50. The zero-order valence-electron chi connectivity index (χ0n) is 7.15. The van der Waals surface area contributed by atoms with E-state index in [9.17, 15) is 0 Å². The quantitative estimate of drug-likeness (QED) is 0.554. The minimum atomic E-state index is 0.847. The van der Waals surface area contributed by atoms with E-state index in [1.165, 1.54) is 12.4 Å². The van der Waals surface area contributed by atoms with Gasteiger partial charge in [0.1, 0.15) is 0 Å². The van der Waals surface area contributed by atoms with E-state index < -0.39 is 0 Å². The Balaban J connectivity index is 0. The van der Waals surface area contributed by atoms with Crippen molar-refractivity contribution in [2.75, 3.05) is 0 Å². The van der Waals surface area contributed by atoms with Crippen LogP contribution in [0.5, 0.6) is 0 Å². The molecular formula is C8H16N2. The lowest BCUT2D eigenvalue weighted by atomic mass is 10.2. The normalized spacial score (nSPS) is 10.4. The summed E-state index contributed by atoms with van der Waals surface area (Å²) in [6, 6.07) is 0. The Kier molecular flexibility index (Phi) is 9.56. The molecule has 0 atom stereocenters. The van der Waals surface area contributed by atoms with Gasteiger partial charge in [-0.3, -0.25) is 0 Å². The van der Waals surface area contributed by atoms with Crippen LogP contribution in [0, 0.1) is 10.8 Å². The van der Waals surface area contributed by atoms with Crippen molar-refractivity contribution in [3.63, 3.8) is 0 Å². The molecule has 0 aliphatic carbocycles. The summed E-state index contributed by atoms with van der Waals surface area (Å²) >= 11 is 0. The molecule has 0 aromatic heterocycles. The monoisotopic (exact) mass is 140 g/mol. The Bertz CT molecular complexity index is 118. The fourth-order valence-corrected chi connectivity index (χ4v) is 0.228. The van der Waals surface area contributed by atoms with Crippen molar-refractivity contribution in [1.29, 1.82) is 10.8 Å². The standard InChI is InChI=1S/C6H10N2.C2H6/c1-5(3-7)6(2)4-8;1-2/h3-4,7-8H,1-2H3;1-2H3/b6-5-,7-3?,8-4?;. The maximum atomic E-state index is 6.76. The Hall–Kier alpha value is -0.920. The Morgan fingerprint density at radius 1 is 0.900 bits per heavy atom. The lowest BCUT2D eigenvalue weighted by molar-refractivity contribution is 1.42. The van der Waals surface area contributed by atoms with Crippen molar-refractivity contribution in [2.24, 2.45) is 0 Å². The molecule has 0 bridgehead atoms. The molecular weight excluding hydrogens is 124 g/mol. The van der Waals surface area contributed by atoms with Crippen LogP contribution in [0.15, 0.2) is 11.1 Å². The van der Waals surface area contributed by atoms with Crippen molar-refractivity contribution < 1.29 is 0 Å². The summed E-state index contributed by atoms with van der Waals surface area (Å²) in [5.74, 6) is 0. The van der Waals surface area contributed by atoms with Gasteiger partial charge >= 0.3 is 0 Å². The van der Waals surface area contributed by atoms with Gasteiger partial charge in [0, 0.05) is 12.4 Å². The number of rotatable bonds is 2. The molecule has 10 heavy (non-hydrogen) atoms. The van der Waals surface area contributed by atoms with E-state index >= 15 is 0 Å². The molecule has 58 valence electrons. The van der Waals surface area contributed by atoms with Crippen molar-refractivity contribution in [3.8, 4) is 0 Å². The third-order valence-electron chi connectivity index (χ3n) is 1.06. The summed E-state index contributed by atoms with van der Waals surface area (Å²) in [7, 11) is 0. The van der Waals surface area contributed by atoms with Crippen LogP contribution in [0.2, 0.25) is 0 Å². The van der Waals surface area contributed by atoms with E-state index in [2.05, 4.69) is 0 Å². The zero-order valence-corrected chi connectivity index (χ0v) is 7.15. The third kappa shape index (κ3) is 5.22. The summed E-state index contributed by atoms with van der Waals surface area (Å²) in [5.41, 5.74) is 1.69. The SMILES string of the molecule is C/C(C=N)=C(\C)C=N.CC. The van der Waals surface area contributed by atoms with Gasteiger partial charge in [-0.25, -0.2) is 0 Å². The number of allylic oxidation sites excluding steroid dienone is 2. The highest BCUT2D eigenvalue weighted by Gasteiger charge is 1.84. The van der Waals surface area contributed by atoms with E-state index in [-0.39, 0.29) is 0 Å². The van der Waals surface area contributed by atoms with Crippen molar-refractivity contribution >= 4 is 12.4 Å². The first kappa shape index (κ1) is 11.8. The highest BCUT2D eigenvalue weighted by atomic mass is 14.3. The fourth-order valence-electron chi connectivity index (χ4n) is 0.228. The molecule has 2 heteroatoms. The maximum Gasteiger partial charge on any atom is 0.0210 e. The van der Waals surface area contributed by atoms with E-state index in [1.807, 2.05) is 27.7 Å². The predicted octanol–water partition coefficient (Wildman–Crippen LogP) is 2.65. The van der Waals surface area contributed by atoms with Gasteiger partial charge in [0.2, 0.25) is 0 Å². The van der Waals surface area contributed by atoms with Crippen molar-refractivity contribution in [2.45, 2.75) is 27.7 Å². The molecule has 0 aliphatic heterocycles. The topological polar surface area (TPSA) is 47.7 Å². The number of nitrogens with one attached hydrogen (secondary N) is 2. The van der Waals surface area contributed by atoms with Crippen LogP contribution in [-0.4, -0.2) is 12.4 Å². The predicted molar refractivity (Wildman–Crippen MR) is 47.3 cm³/mol. The Morgan fingerprint density at radius 3 is 1.20 bits per heavy atom. The second kappa shape index (κ2) is 8.08. The first-order chi connectivity index (χ1) is 4.72. The van der Waals surface area contributed by atoms with Crippen LogP contribution in [0.25, 0.3) is 0 Å². The lowest BCUT2D eigenvalue weighted by Gasteiger charge is -1.90. The highest BCUT2D eigenvalue weighted by Crippen LogP contribution is 1.94. The number of hydrogen-bond acceptors (Lipinski definition) is 2. The largest absolute Gasteiger partial charge is 0.308 e. The molecule has 0 spiro atoms. The molecule has 0 aromatic carbocycles. The van der Waals surface area contributed by atoms with E-state index in [0.717, 1.165) is 11.1 Å². The minimum Gasteiger partial charge on any atom is -0.308 e. The molecule has 0 aromatic rings. The molecule has 0 radical (unpaired) electrons. The first-order valence-corrected chi connectivity index (χ1v) is 3.40. The second-order valence-corrected chi connectivity index (χ2v) is 1.65.